The van der Waals surface area contributed by atoms with Crippen LogP contribution in [-0.2, 0) is 21.9 Å². The minimum atomic E-state index is -3.86. The Morgan fingerprint density at radius 3 is 2.77 bits per heavy atom. The molecule has 1 amide bonds. The zero-order valence-electron chi connectivity index (χ0n) is 21.9. The summed E-state index contributed by atoms with van der Waals surface area (Å²) in [6.45, 7) is 2.04. The van der Waals surface area contributed by atoms with Crippen LogP contribution in [0.5, 0.6) is 5.75 Å². The average Bonchev–Trinajstić information content (AvgIpc) is 3.04. The second-order valence-electron chi connectivity index (χ2n) is 11.7. The molecule has 2 aromatic rings. The zero-order chi connectivity index (χ0) is 27.2. The van der Waals surface area contributed by atoms with Gasteiger partial charge in [0.1, 0.15) is 5.75 Å². The molecule has 0 saturated heterocycles. The quantitative estimate of drug-likeness (QED) is 0.449. The van der Waals surface area contributed by atoms with Crippen LogP contribution in [0.15, 0.2) is 48.6 Å². The average molecular weight is 571 g/mol. The Morgan fingerprint density at radius 1 is 1.10 bits per heavy atom. The van der Waals surface area contributed by atoms with E-state index in [9.17, 15) is 18.3 Å². The van der Waals surface area contributed by atoms with Gasteiger partial charge in [-0.05, 0) is 98.2 Å². The highest BCUT2D eigenvalue weighted by Crippen LogP contribution is 2.46. The number of aryl methyl sites for hydroxylation is 1. The van der Waals surface area contributed by atoms with Crippen LogP contribution in [0.4, 0.5) is 5.69 Å². The van der Waals surface area contributed by atoms with E-state index in [0.717, 1.165) is 55.9 Å². The molecule has 0 radical (unpaired) electrons. The van der Waals surface area contributed by atoms with Crippen LogP contribution in [-0.4, -0.2) is 51.0 Å². The van der Waals surface area contributed by atoms with E-state index in [1.165, 1.54) is 17.2 Å². The fourth-order valence-electron chi connectivity index (χ4n) is 6.86. The molecule has 2 bridgehead atoms. The number of sulfonamides is 1. The largest absolute Gasteiger partial charge is 0.490 e. The smallest absolute Gasteiger partial charge is 0.264 e. The van der Waals surface area contributed by atoms with E-state index in [4.69, 9.17) is 16.3 Å². The number of amides is 1. The van der Waals surface area contributed by atoms with Gasteiger partial charge in [-0.15, -0.1) is 0 Å². The third kappa shape index (κ3) is 5.43. The molecule has 4 atom stereocenters. The number of hydrogen-bond acceptors (Lipinski definition) is 6. The SMILES string of the molecule is O=C1NS(=O)(=O)C/C=C/C[C@@H](O)C[C@@H]2CC[C@H]2CN2C[C@@]3(CCCc4cc(Cl)ccc43)COc3ccc1cc32. The number of ether oxygens (including phenoxy) is 1. The van der Waals surface area contributed by atoms with Gasteiger partial charge in [0.2, 0.25) is 10.0 Å². The minimum Gasteiger partial charge on any atom is -0.490 e. The number of nitrogens with zero attached hydrogens (tertiary/aromatic N) is 1. The topological polar surface area (TPSA) is 95.9 Å². The number of nitrogens with one attached hydrogen (secondary N) is 1. The first kappa shape index (κ1) is 26.7. The van der Waals surface area contributed by atoms with Crippen molar-refractivity contribution in [2.24, 2.45) is 11.8 Å². The highest BCUT2D eigenvalue weighted by atomic mass is 35.5. The van der Waals surface area contributed by atoms with Gasteiger partial charge in [-0.1, -0.05) is 29.8 Å². The fourth-order valence-corrected chi connectivity index (χ4v) is 7.93. The minimum absolute atomic E-state index is 0.229. The molecule has 2 aliphatic carbocycles. The van der Waals surface area contributed by atoms with Gasteiger partial charge in [-0.25, -0.2) is 13.1 Å². The molecule has 1 saturated carbocycles. The molecular formula is C30H35ClN2O5S. The highest BCUT2D eigenvalue weighted by molar-refractivity contribution is 7.90. The van der Waals surface area contributed by atoms with E-state index in [1.54, 1.807) is 24.3 Å². The summed E-state index contributed by atoms with van der Waals surface area (Å²) in [5, 5.41) is 11.4. The van der Waals surface area contributed by atoms with E-state index < -0.39 is 22.0 Å². The van der Waals surface area contributed by atoms with Crippen LogP contribution in [0.1, 0.15) is 60.0 Å². The molecule has 6 rings (SSSR count). The lowest BCUT2D eigenvalue weighted by atomic mass is 9.68. The van der Waals surface area contributed by atoms with Crippen LogP contribution in [0, 0.1) is 11.8 Å². The van der Waals surface area contributed by atoms with Crippen molar-refractivity contribution in [1.29, 1.82) is 0 Å². The van der Waals surface area contributed by atoms with E-state index in [0.29, 0.717) is 37.0 Å². The standard InChI is InChI=1S/C30H35ClN2O5S/c31-24-9-10-26-21(14-24)4-3-12-30(26)18-33-17-23-7-6-20(23)15-25(34)5-1-2-13-39(36,37)32-29(35)22-8-11-28(38-19-30)27(33)16-22/h1-2,8-11,14,16,20,23,25,34H,3-7,12-13,15,17-19H2,(H,32,35)/b2-1+/t20-,23-,25+,30-/m0/s1. The van der Waals surface area contributed by atoms with Crippen LogP contribution in [0.3, 0.4) is 0 Å². The van der Waals surface area contributed by atoms with E-state index in [1.807, 2.05) is 6.07 Å². The molecule has 2 aromatic carbocycles. The molecule has 4 aliphatic rings. The molecule has 0 unspecified atom stereocenters. The number of anilines is 1. The molecule has 0 aromatic heterocycles. The third-order valence-electron chi connectivity index (χ3n) is 9.04. The lowest BCUT2D eigenvalue weighted by molar-refractivity contribution is 0.0800. The number of carbonyl (C=O) groups is 1. The number of halogens is 1. The second-order valence-corrected chi connectivity index (χ2v) is 13.9. The Hall–Kier alpha value is -2.55. The number of rotatable bonds is 0. The molecular weight excluding hydrogens is 536 g/mol. The zero-order valence-corrected chi connectivity index (χ0v) is 23.5. The Morgan fingerprint density at radius 2 is 1.95 bits per heavy atom. The first-order valence-corrected chi connectivity index (χ1v) is 15.9. The number of benzene rings is 2. The van der Waals surface area contributed by atoms with Crippen molar-refractivity contribution in [3.05, 3.63) is 70.3 Å². The summed E-state index contributed by atoms with van der Waals surface area (Å²) >= 11 is 6.36. The lowest BCUT2D eigenvalue weighted by Gasteiger charge is -2.45. The summed E-state index contributed by atoms with van der Waals surface area (Å²) in [6.07, 6.45) is 8.96. The summed E-state index contributed by atoms with van der Waals surface area (Å²) in [4.78, 5) is 15.4. The first-order valence-electron chi connectivity index (χ1n) is 13.9. The maximum absolute atomic E-state index is 13.0. The Kier molecular flexibility index (Phi) is 7.14. The Labute approximate surface area is 235 Å². The van der Waals surface area contributed by atoms with Gasteiger partial charge in [0.05, 0.1) is 24.2 Å². The number of aliphatic hydroxyl groups is 1. The van der Waals surface area contributed by atoms with E-state index in [-0.39, 0.29) is 16.7 Å². The molecule has 2 heterocycles. The maximum Gasteiger partial charge on any atom is 0.264 e. The van der Waals surface area contributed by atoms with Gasteiger partial charge in [0.25, 0.3) is 5.91 Å². The third-order valence-corrected chi connectivity index (χ3v) is 10.4. The summed E-state index contributed by atoms with van der Waals surface area (Å²) in [7, 11) is -3.86. The summed E-state index contributed by atoms with van der Waals surface area (Å²) in [6, 6.07) is 11.4. The van der Waals surface area contributed by atoms with Crippen LogP contribution in [0.25, 0.3) is 0 Å². The first-order chi connectivity index (χ1) is 18.7. The summed E-state index contributed by atoms with van der Waals surface area (Å²) in [5.41, 5.74) is 3.41. The molecule has 9 heteroatoms. The lowest BCUT2D eigenvalue weighted by Crippen LogP contribution is -2.48. The van der Waals surface area contributed by atoms with Crippen molar-refractivity contribution in [3.63, 3.8) is 0 Å². The van der Waals surface area contributed by atoms with E-state index in [2.05, 4.69) is 21.8 Å². The Bertz CT molecular complexity index is 1410. The number of fused-ring (bicyclic) bond motifs is 4. The highest BCUT2D eigenvalue weighted by Gasteiger charge is 2.43. The van der Waals surface area contributed by atoms with Crippen molar-refractivity contribution < 1.29 is 23.1 Å². The molecule has 2 aliphatic heterocycles. The van der Waals surface area contributed by atoms with Gasteiger partial charge >= 0.3 is 0 Å². The molecule has 39 heavy (non-hydrogen) atoms. The van der Waals surface area contributed by atoms with Crippen molar-refractivity contribution in [2.45, 2.75) is 56.5 Å². The van der Waals surface area contributed by atoms with Crippen LogP contribution in [0.2, 0.25) is 5.02 Å². The number of carbonyl (C=O) groups excluding carboxylic acids is 1. The summed E-state index contributed by atoms with van der Waals surface area (Å²) in [5.74, 6) is 0.552. The van der Waals surface area contributed by atoms with Crippen molar-refractivity contribution in [1.82, 2.24) is 4.72 Å². The number of aliphatic hydroxyl groups excluding tert-OH is 1. The van der Waals surface area contributed by atoms with Crippen molar-refractivity contribution in [3.8, 4) is 5.75 Å². The van der Waals surface area contributed by atoms with Gasteiger partial charge in [-0.3, -0.25) is 4.79 Å². The number of hydrogen-bond donors (Lipinski definition) is 2. The normalized spacial score (nSPS) is 31.1. The molecule has 208 valence electrons. The maximum atomic E-state index is 13.0. The van der Waals surface area contributed by atoms with Crippen molar-refractivity contribution in [2.75, 3.05) is 30.3 Å². The second kappa shape index (κ2) is 10.5. The predicted octanol–water partition coefficient (Wildman–Crippen LogP) is 4.61. The van der Waals surface area contributed by atoms with Crippen LogP contribution >= 0.6 is 11.6 Å². The fraction of sp³-hybridized carbons (Fsp3) is 0.500. The van der Waals surface area contributed by atoms with Gasteiger partial charge in [-0.2, -0.15) is 0 Å². The van der Waals surface area contributed by atoms with Gasteiger partial charge in [0.15, 0.2) is 0 Å². The predicted molar refractivity (Wildman–Crippen MR) is 152 cm³/mol. The molecule has 1 fully saturated rings. The van der Waals surface area contributed by atoms with E-state index >= 15 is 0 Å². The van der Waals surface area contributed by atoms with Gasteiger partial charge < -0.3 is 14.7 Å². The molecule has 2 N–H and O–H groups in total. The summed E-state index contributed by atoms with van der Waals surface area (Å²) < 4.78 is 33.8. The van der Waals surface area contributed by atoms with Gasteiger partial charge in [0, 0.05) is 29.1 Å². The van der Waals surface area contributed by atoms with Crippen LogP contribution < -0.4 is 14.4 Å². The molecule has 1 spiro atoms. The molecule has 7 nitrogen and oxygen atoms in total. The monoisotopic (exact) mass is 570 g/mol. The van der Waals surface area contributed by atoms with Crippen molar-refractivity contribution >= 4 is 33.2 Å². The Balaban J connectivity index is 1.41.